The van der Waals surface area contributed by atoms with Gasteiger partial charge < -0.3 is 10.4 Å². The van der Waals surface area contributed by atoms with Crippen LogP contribution in [0.2, 0.25) is 5.02 Å². The molecule has 0 unspecified atom stereocenters. The van der Waals surface area contributed by atoms with Crippen molar-refractivity contribution >= 4 is 35.2 Å². The van der Waals surface area contributed by atoms with Crippen LogP contribution in [0.4, 0.5) is 0 Å². The Balaban J connectivity index is 1.71. The van der Waals surface area contributed by atoms with Gasteiger partial charge in [-0.1, -0.05) is 41.6 Å². The summed E-state index contributed by atoms with van der Waals surface area (Å²) in [6.45, 7) is 0. The smallest absolute Gasteiger partial charge is 0.306 e. The third-order valence-electron chi connectivity index (χ3n) is 4.57. The van der Waals surface area contributed by atoms with Crippen molar-refractivity contribution in [1.29, 1.82) is 0 Å². The van der Waals surface area contributed by atoms with Crippen molar-refractivity contribution in [3.05, 3.63) is 59.1 Å². The first-order chi connectivity index (χ1) is 12.5. The summed E-state index contributed by atoms with van der Waals surface area (Å²) in [4.78, 5) is 25.7. The fourth-order valence-corrected chi connectivity index (χ4v) is 4.25. The number of aliphatic carboxylic acids is 1. The van der Waals surface area contributed by atoms with E-state index in [1.807, 2.05) is 36.4 Å². The maximum Gasteiger partial charge on any atom is 0.306 e. The molecule has 136 valence electrons. The van der Waals surface area contributed by atoms with Crippen LogP contribution < -0.4 is 5.32 Å². The molecule has 0 spiro atoms. The van der Waals surface area contributed by atoms with Crippen LogP contribution in [-0.4, -0.2) is 23.0 Å². The molecular weight excluding hydrogens is 370 g/mol. The van der Waals surface area contributed by atoms with E-state index in [9.17, 15) is 9.59 Å². The molecule has 0 bridgehead atoms. The van der Waals surface area contributed by atoms with E-state index in [0.717, 1.165) is 9.79 Å². The highest BCUT2D eigenvalue weighted by molar-refractivity contribution is 7.99. The Labute approximate surface area is 161 Å². The first-order valence-corrected chi connectivity index (χ1v) is 9.78. The number of amides is 1. The molecule has 0 heterocycles. The molecule has 3 rings (SSSR count). The third-order valence-corrected chi connectivity index (χ3v) is 5.89. The lowest BCUT2D eigenvalue weighted by atomic mass is 9.86. The highest BCUT2D eigenvalue weighted by atomic mass is 35.5. The molecule has 2 aromatic rings. The van der Waals surface area contributed by atoms with Gasteiger partial charge in [0.05, 0.1) is 11.5 Å². The Morgan fingerprint density at radius 2 is 1.73 bits per heavy atom. The fourth-order valence-electron chi connectivity index (χ4n) is 3.13. The number of hydrogen-bond acceptors (Lipinski definition) is 3. The highest BCUT2D eigenvalue weighted by Gasteiger charge is 2.27. The van der Waals surface area contributed by atoms with E-state index < -0.39 is 5.97 Å². The highest BCUT2D eigenvalue weighted by Crippen LogP contribution is 2.32. The van der Waals surface area contributed by atoms with Crippen LogP contribution in [0, 0.1) is 5.92 Å². The van der Waals surface area contributed by atoms with Crippen molar-refractivity contribution < 1.29 is 14.7 Å². The van der Waals surface area contributed by atoms with Crippen molar-refractivity contribution in [3.63, 3.8) is 0 Å². The van der Waals surface area contributed by atoms with E-state index in [1.54, 1.807) is 12.1 Å². The maximum absolute atomic E-state index is 12.8. The molecule has 1 fully saturated rings. The van der Waals surface area contributed by atoms with E-state index in [0.29, 0.717) is 36.3 Å². The lowest BCUT2D eigenvalue weighted by Crippen LogP contribution is -2.38. The summed E-state index contributed by atoms with van der Waals surface area (Å²) in [7, 11) is 0. The molecule has 1 saturated carbocycles. The molecule has 1 aliphatic carbocycles. The van der Waals surface area contributed by atoms with E-state index in [1.165, 1.54) is 11.8 Å². The third kappa shape index (κ3) is 4.80. The number of halogens is 1. The minimum absolute atomic E-state index is 0.00616. The minimum Gasteiger partial charge on any atom is -0.481 e. The summed E-state index contributed by atoms with van der Waals surface area (Å²) < 4.78 is 0. The SMILES string of the molecule is O=C(NC1CCC(C(=O)O)CC1)c1cc(Cl)ccc1Sc1ccccc1. The average molecular weight is 390 g/mol. The van der Waals surface area contributed by atoms with Crippen molar-refractivity contribution in [1.82, 2.24) is 5.32 Å². The second-order valence-corrected chi connectivity index (χ2v) is 7.97. The van der Waals surface area contributed by atoms with Gasteiger partial charge in [-0.2, -0.15) is 0 Å². The van der Waals surface area contributed by atoms with Gasteiger partial charge in [-0.15, -0.1) is 0 Å². The number of carboxylic acids is 1. The van der Waals surface area contributed by atoms with Crippen LogP contribution >= 0.6 is 23.4 Å². The van der Waals surface area contributed by atoms with Crippen molar-refractivity contribution in [2.24, 2.45) is 5.92 Å². The predicted molar refractivity (Wildman–Crippen MR) is 103 cm³/mol. The summed E-state index contributed by atoms with van der Waals surface area (Å²) in [6, 6.07) is 15.2. The zero-order valence-electron chi connectivity index (χ0n) is 14.2. The van der Waals surface area contributed by atoms with Gasteiger partial charge in [0.25, 0.3) is 5.91 Å². The second kappa shape index (κ2) is 8.60. The van der Waals surface area contributed by atoms with Gasteiger partial charge in [0.2, 0.25) is 0 Å². The summed E-state index contributed by atoms with van der Waals surface area (Å²) >= 11 is 7.63. The van der Waals surface area contributed by atoms with Gasteiger partial charge in [-0.05, 0) is 56.0 Å². The maximum atomic E-state index is 12.8. The minimum atomic E-state index is -0.744. The first-order valence-electron chi connectivity index (χ1n) is 8.59. The van der Waals surface area contributed by atoms with Gasteiger partial charge in [0.1, 0.15) is 0 Å². The molecule has 0 aromatic heterocycles. The van der Waals surface area contributed by atoms with E-state index >= 15 is 0 Å². The van der Waals surface area contributed by atoms with Crippen LogP contribution in [0.25, 0.3) is 0 Å². The number of benzene rings is 2. The quantitative estimate of drug-likeness (QED) is 0.766. The van der Waals surface area contributed by atoms with Gasteiger partial charge in [0, 0.05) is 20.9 Å². The van der Waals surface area contributed by atoms with Crippen molar-refractivity contribution in [2.45, 2.75) is 41.5 Å². The molecule has 26 heavy (non-hydrogen) atoms. The molecule has 0 radical (unpaired) electrons. The number of carbonyl (C=O) groups is 2. The molecule has 1 aliphatic rings. The number of carbonyl (C=O) groups excluding carboxylic acids is 1. The summed E-state index contributed by atoms with van der Waals surface area (Å²) in [5, 5.41) is 12.6. The van der Waals surface area contributed by atoms with Crippen LogP contribution in [0.5, 0.6) is 0 Å². The zero-order chi connectivity index (χ0) is 18.5. The Kier molecular flexibility index (Phi) is 6.22. The zero-order valence-corrected chi connectivity index (χ0v) is 15.7. The van der Waals surface area contributed by atoms with E-state index in [-0.39, 0.29) is 17.9 Å². The lowest BCUT2D eigenvalue weighted by Gasteiger charge is -2.27. The normalized spacial score (nSPS) is 19.7. The Hall–Kier alpha value is -1.98. The Bertz CT molecular complexity index is 789. The van der Waals surface area contributed by atoms with Gasteiger partial charge in [-0.3, -0.25) is 9.59 Å². The van der Waals surface area contributed by atoms with Gasteiger partial charge >= 0.3 is 5.97 Å². The fraction of sp³-hybridized carbons (Fsp3) is 0.300. The molecule has 6 heteroatoms. The molecular formula is C20H20ClNO3S. The van der Waals surface area contributed by atoms with Crippen molar-refractivity contribution in [3.8, 4) is 0 Å². The summed E-state index contributed by atoms with van der Waals surface area (Å²) in [6.07, 6.45) is 2.57. The molecule has 0 saturated heterocycles. The molecule has 4 nitrogen and oxygen atoms in total. The molecule has 1 amide bonds. The number of nitrogens with one attached hydrogen (secondary N) is 1. The molecule has 2 aromatic carbocycles. The topological polar surface area (TPSA) is 66.4 Å². The van der Waals surface area contributed by atoms with Crippen LogP contribution in [0.3, 0.4) is 0 Å². The second-order valence-electron chi connectivity index (χ2n) is 6.42. The van der Waals surface area contributed by atoms with Gasteiger partial charge in [-0.25, -0.2) is 0 Å². The summed E-state index contributed by atoms with van der Waals surface area (Å²) in [5.74, 6) is -1.20. The lowest BCUT2D eigenvalue weighted by molar-refractivity contribution is -0.142. The number of carboxylic acid groups (broad SMARTS) is 1. The Morgan fingerprint density at radius 1 is 1.04 bits per heavy atom. The van der Waals surface area contributed by atoms with E-state index in [4.69, 9.17) is 16.7 Å². The van der Waals surface area contributed by atoms with Crippen LogP contribution in [0.1, 0.15) is 36.0 Å². The molecule has 2 N–H and O–H groups in total. The Morgan fingerprint density at radius 3 is 2.38 bits per heavy atom. The standard InChI is InChI=1S/C20H20ClNO3S/c21-14-8-11-18(26-16-4-2-1-3-5-16)17(12-14)19(23)22-15-9-6-13(7-10-15)20(24)25/h1-5,8,11-13,15H,6-7,9-10H2,(H,22,23)(H,24,25). The first kappa shape index (κ1) is 18.8. The van der Waals surface area contributed by atoms with Crippen LogP contribution in [0.15, 0.2) is 58.3 Å². The largest absolute Gasteiger partial charge is 0.481 e. The van der Waals surface area contributed by atoms with Gasteiger partial charge in [0.15, 0.2) is 0 Å². The number of hydrogen-bond donors (Lipinski definition) is 2. The molecule has 0 atom stereocenters. The van der Waals surface area contributed by atoms with E-state index in [2.05, 4.69) is 5.32 Å². The summed E-state index contributed by atoms with van der Waals surface area (Å²) in [5.41, 5.74) is 0.548. The molecule has 0 aliphatic heterocycles. The number of rotatable bonds is 5. The predicted octanol–water partition coefficient (Wildman–Crippen LogP) is 4.86. The monoisotopic (exact) mass is 389 g/mol. The van der Waals surface area contributed by atoms with Crippen LogP contribution in [-0.2, 0) is 4.79 Å². The van der Waals surface area contributed by atoms with Crippen molar-refractivity contribution in [2.75, 3.05) is 0 Å². The average Bonchev–Trinajstić information content (AvgIpc) is 2.64.